The van der Waals surface area contributed by atoms with E-state index in [-0.39, 0.29) is 6.54 Å². The average Bonchev–Trinajstić information content (AvgIpc) is 2.86. The zero-order chi connectivity index (χ0) is 23.3. The van der Waals surface area contributed by atoms with Gasteiger partial charge in [0.25, 0.3) is 0 Å². The van der Waals surface area contributed by atoms with Crippen LogP contribution >= 0.6 is 7.14 Å². The predicted molar refractivity (Wildman–Crippen MR) is 137 cm³/mol. The molecular weight excluding hydrogens is 425 g/mol. The number of hydroxylamine groups is 2. The second-order valence-corrected chi connectivity index (χ2v) is 11.4. The van der Waals surface area contributed by atoms with Crippen LogP contribution in [0.2, 0.25) is 0 Å². The lowest BCUT2D eigenvalue weighted by Crippen LogP contribution is -2.32. The molecule has 0 aliphatic carbocycles. The number of hydrogen-bond donors (Lipinski definition) is 1. The van der Waals surface area contributed by atoms with E-state index < -0.39 is 12.9 Å². The van der Waals surface area contributed by atoms with Gasteiger partial charge in [0.05, 0.1) is 6.54 Å². The summed E-state index contributed by atoms with van der Waals surface area (Å²) in [5, 5.41) is 14.2. The predicted octanol–water partition coefficient (Wildman–Crippen LogP) is 6.71. The van der Waals surface area contributed by atoms with E-state index in [9.17, 15) is 5.21 Å². The molecule has 0 bridgehead atoms. The molecule has 0 heterocycles. The van der Waals surface area contributed by atoms with Gasteiger partial charge in [-0.3, -0.25) is 0 Å². The number of benzene rings is 4. The average molecular weight is 456 g/mol. The van der Waals surface area contributed by atoms with Crippen LogP contribution in [0.4, 0.5) is 0 Å². The van der Waals surface area contributed by atoms with Gasteiger partial charge in [-0.1, -0.05) is 129 Å². The van der Waals surface area contributed by atoms with E-state index in [2.05, 4.69) is 26.0 Å². The van der Waals surface area contributed by atoms with Gasteiger partial charge in [0.2, 0.25) is 0 Å². The van der Waals surface area contributed by atoms with Gasteiger partial charge in [0.1, 0.15) is 5.78 Å². The highest BCUT2D eigenvalue weighted by atomic mass is 31.2. The minimum Gasteiger partial charge on any atom is -0.313 e. The second kappa shape index (κ2) is 10.3. The number of hydrogen-bond acceptors (Lipinski definition) is 3. The Balaban J connectivity index is 1.89. The molecule has 0 radical (unpaired) electrons. The molecule has 4 rings (SSSR count). The highest BCUT2D eigenvalue weighted by Gasteiger charge is 2.41. The summed E-state index contributed by atoms with van der Waals surface area (Å²) >= 11 is 0. The maximum Gasteiger partial charge on any atom is 0.166 e. The van der Waals surface area contributed by atoms with Crippen LogP contribution < -0.4 is 10.6 Å². The van der Waals surface area contributed by atoms with Crippen LogP contribution in [0, 0.1) is 0 Å². The van der Waals surface area contributed by atoms with Crippen molar-refractivity contribution in [1.29, 1.82) is 0 Å². The minimum atomic E-state index is -3.31. The molecule has 4 heteroatoms. The minimum absolute atomic E-state index is 0.265. The van der Waals surface area contributed by atoms with Crippen molar-refractivity contribution in [3.05, 3.63) is 132 Å². The normalized spacial score (nSPS) is 12.8. The van der Waals surface area contributed by atoms with Crippen molar-refractivity contribution < 1.29 is 9.77 Å². The first-order valence-corrected chi connectivity index (χ1v) is 13.1. The Kier molecular flexibility index (Phi) is 7.25. The first-order chi connectivity index (χ1) is 16.0. The molecular formula is C29H30NO2P. The van der Waals surface area contributed by atoms with Crippen molar-refractivity contribution in [3.8, 4) is 0 Å². The van der Waals surface area contributed by atoms with Crippen LogP contribution in [0.1, 0.15) is 42.2 Å². The van der Waals surface area contributed by atoms with Gasteiger partial charge in [0.15, 0.2) is 7.14 Å². The Morgan fingerprint density at radius 3 is 1.55 bits per heavy atom. The SMILES string of the molecule is CC(C)c1ccc(C(N(O)Cc2ccccc2)P(=O)(c2ccccc2)c2ccccc2)cc1. The van der Waals surface area contributed by atoms with Gasteiger partial charge in [-0.2, -0.15) is 5.06 Å². The van der Waals surface area contributed by atoms with E-state index in [1.807, 2.05) is 103 Å². The summed E-state index contributed by atoms with van der Waals surface area (Å²) in [5.74, 6) is -0.342. The van der Waals surface area contributed by atoms with Crippen LogP contribution in [0.25, 0.3) is 0 Å². The summed E-state index contributed by atoms with van der Waals surface area (Å²) in [4.78, 5) is 0. The van der Waals surface area contributed by atoms with Crippen LogP contribution in [-0.2, 0) is 11.1 Å². The summed E-state index contributed by atoms with van der Waals surface area (Å²) in [7, 11) is -3.31. The van der Waals surface area contributed by atoms with E-state index in [1.165, 1.54) is 10.6 Å². The maximum absolute atomic E-state index is 15.2. The quantitative estimate of drug-likeness (QED) is 0.237. The van der Waals surface area contributed by atoms with E-state index >= 15 is 4.57 Å². The Labute approximate surface area is 196 Å². The zero-order valence-electron chi connectivity index (χ0n) is 19.1. The summed E-state index contributed by atoms with van der Waals surface area (Å²) in [6, 6.07) is 37.0. The van der Waals surface area contributed by atoms with Crippen LogP contribution in [0.5, 0.6) is 0 Å². The van der Waals surface area contributed by atoms with E-state index in [1.54, 1.807) is 0 Å². The largest absolute Gasteiger partial charge is 0.313 e. The van der Waals surface area contributed by atoms with Crippen molar-refractivity contribution in [3.63, 3.8) is 0 Å². The molecule has 4 aromatic carbocycles. The molecule has 4 aromatic rings. The fourth-order valence-electron chi connectivity index (χ4n) is 4.21. The zero-order valence-corrected chi connectivity index (χ0v) is 20.0. The lowest BCUT2D eigenvalue weighted by Gasteiger charge is -2.34. The van der Waals surface area contributed by atoms with Crippen molar-refractivity contribution in [2.45, 2.75) is 32.1 Å². The monoisotopic (exact) mass is 455 g/mol. The summed E-state index contributed by atoms with van der Waals surface area (Å²) in [5.41, 5.74) is 2.99. The van der Waals surface area contributed by atoms with E-state index in [0.717, 1.165) is 21.7 Å². The summed E-state index contributed by atoms with van der Waals surface area (Å²) < 4.78 is 15.2. The molecule has 1 atom stereocenters. The first kappa shape index (κ1) is 23.2. The summed E-state index contributed by atoms with van der Waals surface area (Å²) in [6.07, 6.45) is 0. The Hall–Kier alpha value is -2.97. The molecule has 0 aromatic heterocycles. The van der Waals surface area contributed by atoms with Gasteiger partial charge >= 0.3 is 0 Å². The topological polar surface area (TPSA) is 40.5 Å². The Morgan fingerprint density at radius 2 is 1.09 bits per heavy atom. The Bertz CT molecular complexity index is 1150. The Morgan fingerprint density at radius 1 is 0.667 bits per heavy atom. The lowest BCUT2D eigenvalue weighted by molar-refractivity contribution is -0.114. The van der Waals surface area contributed by atoms with Gasteiger partial charge < -0.3 is 9.77 Å². The molecule has 1 N–H and O–H groups in total. The lowest BCUT2D eigenvalue weighted by atomic mass is 10.0. The smallest absolute Gasteiger partial charge is 0.166 e. The van der Waals surface area contributed by atoms with Crippen LogP contribution in [0.3, 0.4) is 0 Å². The van der Waals surface area contributed by atoms with E-state index in [4.69, 9.17) is 0 Å². The molecule has 1 unspecified atom stereocenters. The standard InChI is InChI=1S/C29H30NO2P/c1-23(2)25-18-20-26(21-19-25)29(30(31)22-24-12-6-3-7-13-24)33(32,27-14-8-4-9-15-27)28-16-10-5-11-17-28/h3-21,23,29,31H,22H2,1-2H3. The molecule has 0 amide bonds. The van der Waals surface area contributed by atoms with Crippen LogP contribution in [0.15, 0.2) is 115 Å². The number of nitrogens with zero attached hydrogens (tertiary/aromatic N) is 1. The third-order valence-electron chi connectivity index (χ3n) is 5.99. The molecule has 0 saturated carbocycles. The van der Waals surface area contributed by atoms with Gasteiger partial charge in [-0.15, -0.1) is 0 Å². The van der Waals surface area contributed by atoms with Gasteiger partial charge in [-0.05, 0) is 22.6 Å². The van der Waals surface area contributed by atoms with Gasteiger partial charge in [0, 0.05) is 10.6 Å². The molecule has 0 aliphatic rings. The van der Waals surface area contributed by atoms with Crippen molar-refractivity contribution in [2.24, 2.45) is 0 Å². The van der Waals surface area contributed by atoms with Crippen LogP contribution in [-0.4, -0.2) is 10.3 Å². The van der Waals surface area contributed by atoms with Gasteiger partial charge in [-0.25, -0.2) is 0 Å². The number of rotatable bonds is 8. The molecule has 3 nitrogen and oxygen atoms in total. The highest BCUT2D eigenvalue weighted by molar-refractivity contribution is 7.78. The maximum atomic E-state index is 15.2. The van der Waals surface area contributed by atoms with Crippen molar-refractivity contribution in [2.75, 3.05) is 0 Å². The molecule has 0 spiro atoms. The molecule has 168 valence electrons. The third-order valence-corrected chi connectivity index (χ3v) is 9.38. The second-order valence-electron chi connectivity index (χ2n) is 8.61. The summed E-state index contributed by atoms with van der Waals surface area (Å²) in [6.45, 7) is 4.57. The third kappa shape index (κ3) is 5.02. The highest BCUT2D eigenvalue weighted by Crippen LogP contribution is 2.58. The fourth-order valence-corrected chi connectivity index (χ4v) is 7.35. The molecule has 0 saturated heterocycles. The van der Waals surface area contributed by atoms with E-state index in [0.29, 0.717) is 5.92 Å². The first-order valence-electron chi connectivity index (χ1n) is 11.3. The molecule has 0 aliphatic heterocycles. The molecule has 33 heavy (non-hydrogen) atoms. The molecule has 0 fully saturated rings. The fraction of sp³-hybridized carbons (Fsp3) is 0.172. The van der Waals surface area contributed by atoms with Crippen molar-refractivity contribution >= 4 is 17.8 Å². The van der Waals surface area contributed by atoms with Crippen molar-refractivity contribution in [1.82, 2.24) is 5.06 Å².